The number of ether oxygens (including phenoxy) is 1. The summed E-state index contributed by atoms with van der Waals surface area (Å²) in [5.41, 5.74) is 8.60. The Balaban J connectivity index is 1.33. The van der Waals surface area contributed by atoms with Gasteiger partial charge in [0.05, 0.1) is 28.3 Å². The summed E-state index contributed by atoms with van der Waals surface area (Å²) in [5.74, 6) is 2.53. The lowest BCUT2D eigenvalue weighted by atomic mass is 9.73. The minimum Gasteiger partial charge on any atom is -0.453 e. The predicted octanol–water partition coefficient (Wildman–Crippen LogP) is 9.31. The zero-order valence-corrected chi connectivity index (χ0v) is 22.2. The Labute approximate surface area is 232 Å². The van der Waals surface area contributed by atoms with E-state index in [2.05, 4.69) is 103 Å². The van der Waals surface area contributed by atoms with Gasteiger partial charge < -0.3 is 9.64 Å². The molecule has 6 aromatic rings. The molecule has 2 aliphatic rings. The summed E-state index contributed by atoms with van der Waals surface area (Å²) in [6, 6.07) is 40.0. The third-order valence-electron chi connectivity index (χ3n) is 8.14. The molecule has 3 heterocycles. The van der Waals surface area contributed by atoms with E-state index in [-0.39, 0.29) is 5.41 Å². The highest BCUT2D eigenvalue weighted by molar-refractivity contribution is 5.99. The second-order valence-electron chi connectivity index (χ2n) is 10.8. The van der Waals surface area contributed by atoms with E-state index in [0.29, 0.717) is 0 Å². The second-order valence-corrected chi connectivity index (χ2v) is 10.8. The number of benzene rings is 5. The topological polar surface area (TPSA) is 41.5 Å². The van der Waals surface area contributed by atoms with Gasteiger partial charge in [0.1, 0.15) is 12.1 Å². The molecule has 192 valence electrons. The predicted molar refractivity (Wildman–Crippen MR) is 161 cm³/mol. The molecular weight excluding hydrogens is 492 g/mol. The van der Waals surface area contributed by atoms with Crippen LogP contribution in [-0.2, 0) is 5.41 Å². The number of anilines is 6. The van der Waals surface area contributed by atoms with Crippen molar-refractivity contribution in [3.63, 3.8) is 0 Å². The monoisotopic (exact) mass is 518 g/mol. The fraction of sp³-hybridized carbons (Fsp3) is 0.0857. The van der Waals surface area contributed by atoms with E-state index in [0.717, 1.165) is 56.7 Å². The van der Waals surface area contributed by atoms with Gasteiger partial charge in [0.25, 0.3) is 0 Å². The summed E-state index contributed by atoms with van der Waals surface area (Å²) in [4.78, 5) is 14.2. The normalized spacial score (nSPS) is 14.6. The maximum atomic E-state index is 6.22. The maximum absolute atomic E-state index is 6.22. The number of aromatic nitrogens is 2. The molecule has 40 heavy (non-hydrogen) atoms. The molecule has 0 unspecified atom stereocenters. The Morgan fingerprint density at radius 3 is 1.75 bits per heavy atom. The molecule has 0 radical (unpaired) electrons. The standard InChI is InChI=1S/C35H26N4O/c1-35(2)25-11-3-5-13-28(25)39(29-14-6-4-12-26(29)35)34-24-20-19-23(21-27(24)36-22-37-34)38-30-15-7-9-17-32(30)40-33-18-10-8-16-31(33)38/h3-22H,1-2H3. The van der Waals surface area contributed by atoms with E-state index < -0.39 is 0 Å². The third kappa shape index (κ3) is 3.21. The minimum atomic E-state index is -0.128. The first-order valence-corrected chi connectivity index (χ1v) is 13.5. The molecule has 5 nitrogen and oxygen atoms in total. The molecule has 0 N–H and O–H groups in total. The highest BCUT2D eigenvalue weighted by atomic mass is 16.5. The molecular formula is C35H26N4O. The highest BCUT2D eigenvalue weighted by Crippen LogP contribution is 2.53. The van der Waals surface area contributed by atoms with Crippen molar-refractivity contribution in [2.45, 2.75) is 19.3 Å². The summed E-state index contributed by atoms with van der Waals surface area (Å²) < 4.78 is 6.22. The maximum Gasteiger partial charge on any atom is 0.151 e. The minimum absolute atomic E-state index is 0.128. The zero-order valence-electron chi connectivity index (χ0n) is 22.2. The van der Waals surface area contributed by atoms with E-state index in [1.54, 1.807) is 6.33 Å². The van der Waals surface area contributed by atoms with Crippen molar-refractivity contribution in [2.24, 2.45) is 0 Å². The van der Waals surface area contributed by atoms with Crippen molar-refractivity contribution in [2.75, 3.05) is 9.80 Å². The molecule has 0 saturated heterocycles. The molecule has 5 aromatic carbocycles. The highest BCUT2D eigenvalue weighted by Gasteiger charge is 2.37. The smallest absolute Gasteiger partial charge is 0.151 e. The van der Waals surface area contributed by atoms with Crippen LogP contribution in [0.15, 0.2) is 122 Å². The Bertz CT molecular complexity index is 1850. The van der Waals surface area contributed by atoms with E-state index >= 15 is 0 Å². The van der Waals surface area contributed by atoms with Crippen LogP contribution in [0.1, 0.15) is 25.0 Å². The SMILES string of the molecule is CC1(C)c2ccccc2N(c2ncnc3cc(N4c5ccccc5Oc5ccccc54)ccc23)c2ccccc21. The summed E-state index contributed by atoms with van der Waals surface area (Å²) in [7, 11) is 0. The first kappa shape index (κ1) is 22.8. The van der Waals surface area contributed by atoms with Gasteiger partial charge in [-0.05, 0) is 65.7 Å². The second kappa shape index (κ2) is 8.42. The van der Waals surface area contributed by atoms with Crippen LogP contribution < -0.4 is 14.5 Å². The fourth-order valence-corrected chi connectivity index (χ4v) is 6.23. The summed E-state index contributed by atoms with van der Waals surface area (Å²) in [6.45, 7) is 4.59. The number of nitrogens with zero attached hydrogens (tertiary/aromatic N) is 4. The van der Waals surface area contributed by atoms with Crippen LogP contribution in [-0.4, -0.2) is 9.97 Å². The van der Waals surface area contributed by atoms with Gasteiger partial charge >= 0.3 is 0 Å². The zero-order chi connectivity index (χ0) is 26.8. The van der Waals surface area contributed by atoms with Crippen molar-refractivity contribution in [1.82, 2.24) is 9.97 Å². The molecule has 0 bridgehead atoms. The van der Waals surface area contributed by atoms with Gasteiger partial charge in [-0.2, -0.15) is 0 Å². The van der Waals surface area contributed by atoms with Gasteiger partial charge in [0, 0.05) is 16.5 Å². The molecule has 0 saturated carbocycles. The Hall–Kier alpha value is -5.16. The lowest BCUT2D eigenvalue weighted by molar-refractivity contribution is 0.477. The van der Waals surface area contributed by atoms with Crippen LogP contribution in [0.2, 0.25) is 0 Å². The van der Waals surface area contributed by atoms with Crippen LogP contribution in [0.25, 0.3) is 10.9 Å². The fourth-order valence-electron chi connectivity index (χ4n) is 6.23. The molecule has 0 fully saturated rings. The van der Waals surface area contributed by atoms with Crippen molar-refractivity contribution in [1.29, 1.82) is 0 Å². The quantitative estimate of drug-likeness (QED) is 0.228. The van der Waals surface area contributed by atoms with Gasteiger partial charge in [-0.1, -0.05) is 74.5 Å². The number of rotatable bonds is 2. The van der Waals surface area contributed by atoms with Crippen LogP contribution in [0, 0.1) is 0 Å². The molecule has 0 amide bonds. The first-order chi connectivity index (χ1) is 19.6. The summed E-state index contributed by atoms with van der Waals surface area (Å²) in [5, 5.41) is 0.991. The molecule has 2 aliphatic heterocycles. The van der Waals surface area contributed by atoms with Crippen LogP contribution in [0.3, 0.4) is 0 Å². The largest absolute Gasteiger partial charge is 0.453 e. The Morgan fingerprint density at radius 1 is 0.575 bits per heavy atom. The van der Waals surface area contributed by atoms with E-state index in [9.17, 15) is 0 Å². The van der Waals surface area contributed by atoms with E-state index in [1.165, 1.54) is 11.1 Å². The first-order valence-electron chi connectivity index (χ1n) is 13.5. The van der Waals surface area contributed by atoms with Crippen molar-refractivity contribution < 1.29 is 4.74 Å². The third-order valence-corrected chi connectivity index (χ3v) is 8.14. The average Bonchev–Trinajstić information content (AvgIpc) is 3.00. The molecule has 0 aliphatic carbocycles. The molecule has 5 heteroatoms. The van der Waals surface area contributed by atoms with Crippen LogP contribution >= 0.6 is 0 Å². The van der Waals surface area contributed by atoms with E-state index in [1.807, 2.05) is 36.4 Å². The van der Waals surface area contributed by atoms with Crippen molar-refractivity contribution in [3.05, 3.63) is 133 Å². The molecule has 0 spiro atoms. The number of hydrogen-bond acceptors (Lipinski definition) is 5. The average molecular weight is 519 g/mol. The Morgan fingerprint density at radius 2 is 1.12 bits per heavy atom. The van der Waals surface area contributed by atoms with Gasteiger partial charge in [0.2, 0.25) is 0 Å². The van der Waals surface area contributed by atoms with Crippen LogP contribution in [0.5, 0.6) is 11.5 Å². The van der Waals surface area contributed by atoms with Gasteiger partial charge in [-0.3, -0.25) is 4.90 Å². The number of fused-ring (bicyclic) bond motifs is 5. The van der Waals surface area contributed by atoms with Crippen LogP contribution in [0.4, 0.5) is 34.3 Å². The lowest BCUT2D eigenvalue weighted by Crippen LogP contribution is -2.31. The van der Waals surface area contributed by atoms with Crippen molar-refractivity contribution >= 4 is 45.2 Å². The summed E-state index contributed by atoms with van der Waals surface area (Å²) >= 11 is 0. The van der Waals surface area contributed by atoms with Crippen molar-refractivity contribution in [3.8, 4) is 11.5 Å². The lowest BCUT2D eigenvalue weighted by Gasteiger charge is -2.41. The summed E-state index contributed by atoms with van der Waals surface area (Å²) in [6.07, 6.45) is 1.67. The molecule has 8 rings (SSSR count). The number of para-hydroxylation sites is 6. The van der Waals surface area contributed by atoms with Gasteiger partial charge in [0.15, 0.2) is 11.5 Å². The van der Waals surface area contributed by atoms with Gasteiger partial charge in [-0.25, -0.2) is 9.97 Å². The Kier molecular flexibility index (Phi) is 4.80. The van der Waals surface area contributed by atoms with Gasteiger partial charge in [-0.15, -0.1) is 0 Å². The molecule has 0 atom stereocenters. The number of hydrogen-bond donors (Lipinski definition) is 0. The van der Waals surface area contributed by atoms with E-state index in [4.69, 9.17) is 14.7 Å². The molecule has 1 aromatic heterocycles.